The van der Waals surface area contributed by atoms with E-state index in [-0.39, 0.29) is 28.3 Å². The predicted octanol–water partition coefficient (Wildman–Crippen LogP) is 7.14. The summed E-state index contributed by atoms with van der Waals surface area (Å²) in [6, 6.07) is 22.2. The van der Waals surface area contributed by atoms with Crippen LogP contribution in [0.15, 0.2) is 77.8 Å². The number of benzene rings is 3. The van der Waals surface area contributed by atoms with Crippen LogP contribution in [0.25, 0.3) is 0 Å². The van der Waals surface area contributed by atoms with Gasteiger partial charge in [-0.3, -0.25) is 4.99 Å². The van der Waals surface area contributed by atoms with Gasteiger partial charge in [-0.15, -0.1) is 0 Å². The van der Waals surface area contributed by atoms with Crippen LogP contribution in [-0.4, -0.2) is 31.5 Å². The average molecular weight is 549 g/mol. The summed E-state index contributed by atoms with van der Waals surface area (Å²) in [6.07, 6.45) is 1.64. The standard InChI is InChI=1S/C33H44N2O3S/c1-23(2)29(34-21-26-19-27(32(3,4)5)20-28(31(26)36)33(6,7)8)22-39(37,38)35-30(24-15-11-9-12-16-24)25-17-13-10-14-18-25/h9-21,23,29-30,35-36H,22H2,1-8H3/t29-/m1/s1. The Morgan fingerprint density at radius 1 is 0.846 bits per heavy atom. The van der Waals surface area contributed by atoms with Crippen molar-refractivity contribution in [3.05, 3.63) is 101 Å². The second-order valence-electron chi connectivity index (χ2n) is 12.7. The maximum absolute atomic E-state index is 13.5. The first-order valence-corrected chi connectivity index (χ1v) is 15.2. The van der Waals surface area contributed by atoms with Gasteiger partial charge in [-0.1, -0.05) is 122 Å². The number of rotatable bonds is 9. The van der Waals surface area contributed by atoms with E-state index in [0.717, 1.165) is 22.3 Å². The van der Waals surface area contributed by atoms with Crippen molar-refractivity contribution in [3.63, 3.8) is 0 Å². The van der Waals surface area contributed by atoms with Gasteiger partial charge in [-0.05, 0) is 39.5 Å². The average Bonchev–Trinajstić information content (AvgIpc) is 2.85. The number of nitrogens with zero attached hydrogens (tertiary/aromatic N) is 1. The number of phenolic OH excluding ortho intramolecular Hbond substituents is 1. The van der Waals surface area contributed by atoms with Gasteiger partial charge in [0.05, 0.1) is 17.8 Å². The van der Waals surface area contributed by atoms with E-state index in [9.17, 15) is 13.5 Å². The number of aromatic hydroxyl groups is 1. The van der Waals surface area contributed by atoms with Gasteiger partial charge in [-0.25, -0.2) is 13.1 Å². The highest BCUT2D eigenvalue weighted by Crippen LogP contribution is 2.37. The number of sulfonamides is 1. The van der Waals surface area contributed by atoms with Crippen molar-refractivity contribution in [1.82, 2.24) is 4.72 Å². The Balaban J connectivity index is 1.94. The molecule has 3 aromatic carbocycles. The normalized spacial score (nSPS) is 13.9. The molecule has 5 nitrogen and oxygen atoms in total. The molecule has 0 heterocycles. The molecular weight excluding hydrogens is 504 g/mol. The van der Waals surface area contributed by atoms with E-state index in [1.807, 2.05) is 80.6 Å². The van der Waals surface area contributed by atoms with Crippen molar-refractivity contribution < 1.29 is 13.5 Å². The topological polar surface area (TPSA) is 78.8 Å². The van der Waals surface area contributed by atoms with Gasteiger partial charge in [-0.2, -0.15) is 0 Å². The summed E-state index contributed by atoms with van der Waals surface area (Å²) in [5.74, 6) is -0.000811. The summed E-state index contributed by atoms with van der Waals surface area (Å²) in [5, 5.41) is 11.1. The Labute approximate surface area is 235 Å². The highest BCUT2D eigenvalue weighted by Gasteiger charge is 2.27. The minimum Gasteiger partial charge on any atom is -0.507 e. The SMILES string of the molecule is CC(C)[C@@H](CS(=O)(=O)NC(c1ccccc1)c1ccccc1)N=Cc1cc(C(C)(C)C)cc(C(C)(C)C)c1O. The zero-order valence-corrected chi connectivity index (χ0v) is 25.4. The van der Waals surface area contributed by atoms with E-state index in [2.05, 4.69) is 52.3 Å². The molecule has 0 aliphatic carbocycles. The number of nitrogens with one attached hydrogen (secondary N) is 1. The van der Waals surface area contributed by atoms with Crippen LogP contribution in [0.2, 0.25) is 0 Å². The molecule has 0 aliphatic heterocycles. The molecule has 0 unspecified atom stereocenters. The molecule has 2 N–H and O–H groups in total. The Bertz CT molecular complexity index is 1330. The minimum atomic E-state index is -3.72. The highest BCUT2D eigenvalue weighted by molar-refractivity contribution is 7.89. The van der Waals surface area contributed by atoms with Gasteiger partial charge in [0.1, 0.15) is 5.75 Å². The maximum atomic E-state index is 13.5. The van der Waals surface area contributed by atoms with E-state index in [1.54, 1.807) is 6.21 Å². The quantitative estimate of drug-likeness (QED) is 0.279. The summed E-state index contributed by atoms with van der Waals surface area (Å²) < 4.78 is 30.0. The van der Waals surface area contributed by atoms with Gasteiger partial charge in [0.25, 0.3) is 0 Å². The molecule has 0 saturated heterocycles. The first-order valence-electron chi connectivity index (χ1n) is 13.6. The Hall–Kier alpha value is -2.96. The molecule has 0 spiro atoms. The summed E-state index contributed by atoms with van der Waals surface area (Å²) in [5.41, 5.74) is 3.91. The molecule has 0 amide bonds. The van der Waals surface area contributed by atoms with Crippen molar-refractivity contribution in [2.45, 2.75) is 78.3 Å². The summed E-state index contributed by atoms with van der Waals surface area (Å²) in [7, 11) is -3.72. The van der Waals surface area contributed by atoms with Crippen molar-refractivity contribution >= 4 is 16.2 Å². The van der Waals surface area contributed by atoms with Gasteiger partial charge >= 0.3 is 0 Å². The monoisotopic (exact) mass is 548 g/mol. The predicted molar refractivity (Wildman–Crippen MR) is 163 cm³/mol. The lowest BCUT2D eigenvalue weighted by Crippen LogP contribution is -2.36. The molecule has 1 atom stereocenters. The third-order valence-corrected chi connectivity index (χ3v) is 8.32. The van der Waals surface area contributed by atoms with Crippen molar-refractivity contribution in [1.29, 1.82) is 0 Å². The Morgan fingerprint density at radius 3 is 1.79 bits per heavy atom. The summed E-state index contributed by atoms with van der Waals surface area (Å²) in [6.45, 7) is 16.6. The molecule has 6 heteroatoms. The van der Waals surface area contributed by atoms with Crippen LogP contribution in [0.4, 0.5) is 0 Å². The number of hydrogen-bond donors (Lipinski definition) is 2. The molecular formula is C33H44N2O3S. The second-order valence-corrected chi connectivity index (χ2v) is 14.5. The van der Waals surface area contributed by atoms with Gasteiger partial charge in [0.2, 0.25) is 10.0 Å². The fourth-order valence-corrected chi connectivity index (χ4v) is 6.06. The number of phenols is 1. The lowest BCUT2D eigenvalue weighted by atomic mass is 9.79. The second kappa shape index (κ2) is 12.1. The van der Waals surface area contributed by atoms with E-state index in [0.29, 0.717) is 5.56 Å². The molecule has 0 aromatic heterocycles. The zero-order valence-electron chi connectivity index (χ0n) is 24.6. The molecule has 3 rings (SSSR count). The van der Waals surface area contributed by atoms with Crippen LogP contribution in [-0.2, 0) is 20.9 Å². The van der Waals surface area contributed by atoms with Crippen molar-refractivity contribution in [3.8, 4) is 5.75 Å². The molecule has 0 aliphatic rings. The highest BCUT2D eigenvalue weighted by atomic mass is 32.2. The molecule has 0 saturated carbocycles. The lowest BCUT2D eigenvalue weighted by molar-refractivity contribution is 0.443. The van der Waals surface area contributed by atoms with Gasteiger partial charge in [0.15, 0.2) is 0 Å². The third-order valence-electron chi connectivity index (χ3n) is 6.94. The first kappa shape index (κ1) is 30.6. The van der Waals surface area contributed by atoms with Crippen molar-refractivity contribution in [2.24, 2.45) is 10.9 Å². The zero-order chi connectivity index (χ0) is 29.0. The molecule has 210 valence electrons. The number of aliphatic imine (C=N–C) groups is 1. The Morgan fingerprint density at radius 2 is 1.36 bits per heavy atom. The fourth-order valence-electron chi connectivity index (χ4n) is 4.42. The van der Waals surface area contributed by atoms with Crippen LogP contribution in [0, 0.1) is 5.92 Å². The van der Waals surface area contributed by atoms with Crippen molar-refractivity contribution in [2.75, 3.05) is 5.75 Å². The van der Waals surface area contributed by atoms with Gasteiger partial charge < -0.3 is 5.11 Å². The smallest absolute Gasteiger partial charge is 0.214 e. The van der Waals surface area contributed by atoms with E-state index in [1.165, 1.54) is 0 Å². The van der Waals surface area contributed by atoms with Crippen LogP contribution in [0.3, 0.4) is 0 Å². The van der Waals surface area contributed by atoms with E-state index < -0.39 is 22.1 Å². The van der Waals surface area contributed by atoms with Crippen LogP contribution in [0.5, 0.6) is 5.75 Å². The molecule has 0 bridgehead atoms. The van der Waals surface area contributed by atoms with Crippen LogP contribution < -0.4 is 4.72 Å². The first-order chi connectivity index (χ1) is 18.1. The number of hydrogen-bond acceptors (Lipinski definition) is 4. The maximum Gasteiger partial charge on any atom is 0.214 e. The Kier molecular flexibility index (Phi) is 9.45. The van der Waals surface area contributed by atoms with Gasteiger partial charge in [0, 0.05) is 17.3 Å². The molecule has 39 heavy (non-hydrogen) atoms. The van der Waals surface area contributed by atoms with Crippen LogP contribution in [0.1, 0.15) is 89.2 Å². The molecule has 0 fully saturated rings. The minimum absolute atomic E-state index is 0.0280. The largest absolute Gasteiger partial charge is 0.507 e. The fraction of sp³-hybridized carbons (Fsp3) is 0.424. The third kappa shape index (κ3) is 8.26. The van der Waals surface area contributed by atoms with Crippen LogP contribution >= 0.6 is 0 Å². The molecule has 3 aromatic rings. The van der Waals surface area contributed by atoms with E-state index >= 15 is 0 Å². The van der Waals surface area contributed by atoms with E-state index in [4.69, 9.17) is 4.99 Å². The summed E-state index contributed by atoms with van der Waals surface area (Å²) >= 11 is 0. The lowest BCUT2D eigenvalue weighted by Gasteiger charge is -2.27. The summed E-state index contributed by atoms with van der Waals surface area (Å²) in [4.78, 5) is 4.73. The molecule has 0 radical (unpaired) electrons.